The van der Waals surface area contributed by atoms with E-state index in [1.165, 1.54) is 12.1 Å². The van der Waals surface area contributed by atoms with Crippen molar-refractivity contribution in [3.8, 4) is 0 Å². The van der Waals surface area contributed by atoms with Gasteiger partial charge >= 0.3 is 0 Å². The number of ether oxygens (including phenoxy) is 1. The summed E-state index contributed by atoms with van der Waals surface area (Å²) in [5.41, 5.74) is 3.46. The molecule has 9 nitrogen and oxygen atoms in total. The van der Waals surface area contributed by atoms with Crippen LogP contribution in [-0.4, -0.2) is 52.5 Å². The highest BCUT2D eigenvalue weighted by atomic mass is 32.2. The second-order valence-corrected chi connectivity index (χ2v) is 13.7. The van der Waals surface area contributed by atoms with Gasteiger partial charge in [0.05, 0.1) is 29.5 Å². The number of benzene rings is 3. The van der Waals surface area contributed by atoms with Crippen LogP contribution >= 0.6 is 0 Å². The van der Waals surface area contributed by atoms with Gasteiger partial charge in [-0.1, -0.05) is 67.8 Å². The first kappa shape index (κ1) is 32.5. The van der Waals surface area contributed by atoms with Gasteiger partial charge in [0.2, 0.25) is 5.91 Å². The molecule has 2 aliphatic rings. The molecule has 1 unspecified atom stereocenters. The van der Waals surface area contributed by atoms with Crippen LogP contribution in [0.1, 0.15) is 67.3 Å². The van der Waals surface area contributed by atoms with Crippen molar-refractivity contribution in [1.82, 2.24) is 10.0 Å². The van der Waals surface area contributed by atoms with Crippen molar-refractivity contribution in [2.45, 2.75) is 75.0 Å². The number of nitrogens with one attached hydrogen (secondary N) is 3. The molecule has 2 amide bonds. The summed E-state index contributed by atoms with van der Waals surface area (Å²) in [6, 6.07) is 23.5. The summed E-state index contributed by atoms with van der Waals surface area (Å²) in [4.78, 5) is 29.0. The molecule has 10 heteroatoms. The van der Waals surface area contributed by atoms with E-state index >= 15 is 0 Å². The molecule has 0 aliphatic heterocycles. The van der Waals surface area contributed by atoms with Crippen LogP contribution in [0.25, 0.3) is 0 Å². The van der Waals surface area contributed by atoms with Crippen molar-refractivity contribution in [3.63, 3.8) is 0 Å². The third-order valence-electron chi connectivity index (χ3n) is 8.65. The molecule has 0 heterocycles. The number of rotatable bonds is 15. The number of amides is 2. The first-order valence-corrected chi connectivity index (χ1v) is 17.4. The zero-order valence-corrected chi connectivity index (χ0v) is 26.7. The van der Waals surface area contributed by atoms with Gasteiger partial charge in [-0.15, -0.1) is 0 Å². The maximum atomic E-state index is 13.7. The summed E-state index contributed by atoms with van der Waals surface area (Å²) in [7, 11) is -1.93. The molecule has 0 bridgehead atoms. The molecule has 1 atom stereocenters. The molecule has 2 aliphatic carbocycles. The topological polar surface area (TPSA) is 117 Å². The number of hydrogen-bond donors (Lipinski definition) is 3. The number of hydrogen-bond acceptors (Lipinski definition) is 7. The van der Waals surface area contributed by atoms with Gasteiger partial charge in [-0.25, -0.2) is 13.1 Å². The SMILES string of the molecule is CN(c1ccc(C(=O)NC(CC(=O)NS(=O)(=O)c2ccccc2)C2CCCCC2)cc1NCCOCc1ccccc1)C1CC1. The maximum Gasteiger partial charge on any atom is 0.264 e. The summed E-state index contributed by atoms with van der Waals surface area (Å²) in [6.07, 6.45) is 7.08. The molecule has 0 aromatic heterocycles. The third kappa shape index (κ3) is 9.31. The number of carbonyl (C=O) groups is 2. The maximum absolute atomic E-state index is 13.7. The lowest BCUT2D eigenvalue weighted by molar-refractivity contribution is -0.120. The monoisotopic (exact) mass is 632 g/mol. The summed E-state index contributed by atoms with van der Waals surface area (Å²) in [5.74, 6) is -0.824. The van der Waals surface area contributed by atoms with Crippen molar-refractivity contribution in [2.24, 2.45) is 5.92 Å². The fourth-order valence-electron chi connectivity index (χ4n) is 5.98. The van der Waals surface area contributed by atoms with Gasteiger partial charge in [-0.3, -0.25) is 9.59 Å². The predicted molar refractivity (Wildman–Crippen MR) is 177 cm³/mol. The van der Waals surface area contributed by atoms with Gasteiger partial charge in [-0.05, 0) is 67.5 Å². The fraction of sp³-hybridized carbons (Fsp3) is 0.429. The van der Waals surface area contributed by atoms with E-state index in [1.54, 1.807) is 18.2 Å². The minimum Gasteiger partial charge on any atom is -0.381 e. The van der Waals surface area contributed by atoms with Gasteiger partial charge in [0, 0.05) is 37.7 Å². The molecule has 3 N–H and O–H groups in total. The molecule has 240 valence electrons. The van der Waals surface area contributed by atoms with E-state index in [0.717, 1.165) is 61.9 Å². The lowest BCUT2D eigenvalue weighted by Gasteiger charge is -2.31. The van der Waals surface area contributed by atoms with Crippen molar-refractivity contribution in [2.75, 3.05) is 30.4 Å². The van der Waals surface area contributed by atoms with Gasteiger partial charge in [0.15, 0.2) is 0 Å². The quantitative estimate of drug-likeness (QED) is 0.190. The van der Waals surface area contributed by atoms with Gasteiger partial charge < -0.3 is 20.3 Å². The zero-order chi connectivity index (χ0) is 31.6. The van der Waals surface area contributed by atoms with Crippen molar-refractivity contribution < 1.29 is 22.7 Å². The van der Waals surface area contributed by atoms with Crippen molar-refractivity contribution in [3.05, 3.63) is 90.0 Å². The predicted octanol–water partition coefficient (Wildman–Crippen LogP) is 5.49. The Morgan fingerprint density at radius 2 is 1.60 bits per heavy atom. The summed E-state index contributed by atoms with van der Waals surface area (Å²) in [5, 5.41) is 6.58. The molecular formula is C35H44N4O5S. The lowest BCUT2D eigenvalue weighted by Crippen LogP contribution is -2.45. The zero-order valence-electron chi connectivity index (χ0n) is 25.9. The summed E-state index contributed by atoms with van der Waals surface area (Å²) in [6.45, 7) is 1.61. The molecule has 3 aromatic carbocycles. The van der Waals surface area contributed by atoms with Gasteiger partial charge in [0.1, 0.15) is 0 Å². The first-order chi connectivity index (χ1) is 21.8. The minimum atomic E-state index is -4.00. The van der Waals surface area contributed by atoms with E-state index in [2.05, 4.69) is 27.3 Å². The van der Waals surface area contributed by atoms with Crippen LogP contribution in [0.5, 0.6) is 0 Å². The standard InChI is InChI=1S/C35H44N4O5S/c1-39(29-18-19-29)33-20-17-28(23-32(33)36-21-22-44-25-26-11-5-2-6-12-26)35(41)37-31(27-13-7-3-8-14-27)24-34(40)38-45(42,43)30-15-9-4-10-16-30/h2,4-6,9-12,15-17,20,23,27,29,31,36H,3,7-8,13-14,18-19,21-22,24-25H2,1H3,(H,37,41)(H,38,40). The highest BCUT2D eigenvalue weighted by Gasteiger charge is 2.31. The van der Waals surface area contributed by atoms with E-state index in [-0.39, 0.29) is 23.1 Å². The Morgan fingerprint density at radius 1 is 0.911 bits per heavy atom. The Kier molecular flexibility index (Phi) is 11.1. The van der Waals surface area contributed by atoms with E-state index in [4.69, 9.17) is 4.74 Å². The van der Waals surface area contributed by atoms with Crippen LogP contribution in [0.4, 0.5) is 11.4 Å². The second kappa shape index (κ2) is 15.4. The van der Waals surface area contributed by atoms with Crippen LogP contribution in [0.3, 0.4) is 0 Å². The average molecular weight is 633 g/mol. The van der Waals surface area contributed by atoms with Crippen LogP contribution in [0, 0.1) is 5.92 Å². The van der Waals surface area contributed by atoms with Gasteiger partial charge in [-0.2, -0.15) is 0 Å². The molecule has 5 rings (SSSR count). The first-order valence-electron chi connectivity index (χ1n) is 15.9. The Morgan fingerprint density at radius 3 is 2.29 bits per heavy atom. The lowest BCUT2D eigenvalue weighted by atomic mass is 9.82. The Balaban J connectivity index is 1.26. The number of carbonyl (C=O) groups excluding carboxylic acids is 2. The highest BCUT2D eigenvalue weighted by molar-refractivity contribution is 7.90. The molecule has 45 heavy (non-hydrogen) atoms. The van der Waals surface area contributed by atoms with E-state index in [1.807, 2.05) is 48.5 Å². The number of nitrogens with zero attached hydrogens (tertiary/aromatic N) is 1. The third-order valence-corrected chi connectivity index (χ3v) is 10.0. The summed E-state index contributed by atoms with van der Waals surface area (Å²) < 4.78 is 33.6. The highest BCUT2D eigenvalue weighted by Crippen LogP contribution is 2.35. The molecule has 2 fully saturated rings. The Bertz CT molecular complexity index is 1520. The van der Waals surface area contributed by atoms with Crippen LogP contribution in [0.2, 0.25) is 0 Å². The van der Waals surface area contributed by atoms with Gasteiger partial charge in [0.25, 0.3) is 15.9 Å². The Hall–Kier alpha value is -3.89. The minimum absolute atomic E-state index is 0.0263. The van der Waals surface area contributed by atoms with Crippen molar-refractivity contribution >= 4 is 33.2 Å². The van der Waals surface area contributed by atoms with Crippen LogP contribution < -0.4 is 20.3 Å². The fourth-order valence-corrected chi connectivity index (χ4v) is 7.00. The van der Waals surface area contributed by atoms with Crippen LogP contribution in [0.15, 0.2) is 83.8 Å². The van der Waals surface area contributed by atoms with E-state index in [9.17, 15) is 18.0 Å². The average Bonchev–Trinajstić information content (AvgIpc) is 3.91. The van der Waals surface area contributed by atoms with E-state index < -0.39 is 22.0 Å². The molecule has 0 radical (unpaired) electrons. The molecule has 3 aromatic rings. The summed E-state index contributed by atoms with van der Waals surface area (Å²) >= 11 is 0. The molecule has 2 saturated carbocycles. The smallest absolute Gasteiger partial charge is 0.264 e. The second-order valence-electron chi connectivity index (χ2n) is 12.1. The molecular weight excluding hydrogens is 588 g/mol. The number of sulfonamides is 1. The van der Waals surface area contributed by atoms with Crippen molar-refractivity contribution in [1.29, 1.82) is 0 Å². The number of anilines is 2. The normalized spacial score (nSPS) is 16.0. The Labute approximate surface area is 266 Å². The largest absolute Gasteiger partial charge is 0.381 e. The molecule has 0 saturated heterocycles. The van der Waals surface area contributed by atoms with E-state index in [0.29, 0.717) is 31.4 Å². The van der Waals surface area contributed by atoms with Crippen LogP contribution in [-0.2, 0) is 26.2 Å². The molecule has 0 spiro atoms.